The molecule has 12 amide bonds. The van der Waals surface area contributed by atoms with E-state index in [4.69, 9.17) is 11.6 Å². The maximum absolute atomic E-state index is 16.1. The summed E-state index contributed by atoms with van der Waals surface area (Å²) in [6, 6.07) is -8.58. The zero-order valence-corrected chi connectivity index (χ0v) is 64.5. The van der Waals surface area contributed by atoms with E-state index in [-0.39, 0.29) is 88.5 Å². The molecule has 29 heteroatoms. The first kappa shape index (κ1) is 83.3. The maximum atomic E-state index is 16.1. The molecule has 8 fully saturated rings. The lowest BCUT2D eigenvalue weighted by Crippen LogP contribution is -2.70. The van der Waals surface area contributed by atoms with Gasteiger partial charge in [-0.3, -0.25) is 57.5 Å². The van der Waals surface area contributed by atoms with Gasteiger partial charge in [-0.1, -0.05) is 84.5 Å². The molecule has 4 heterocycles. The largest absolute Gasteiger partial charge is 0.393 e. The van der Waals surface area contributed by atoms with E-state index in [1.165, 1.54) is 88.4 Å². The van der Waals surface area contributed by atoms with Crippen molar-refractivity contribution in [3.8, 4) is 0 Å². The number of piperidine rings is 1. The van der Waals surface area contributed by atoms with Crippen molar-refractivity contribution in [3.63, 3.8) is 0 Å². The van der Waals surface area contributed by atoms with E-state index in [2.05, 4.69) is 21.3 Å². The highest BCUT2D eigenvalue weighted by atomic mass is 35.5. The summed E-state index contributed by atoms with van der Waals surface area (Å²) in [5.41, 5.74) is -3.29. The third kappa shape index (κ3) is 19.5. The van der Waals surface area contributed by atoms with Gasteiger partial charge in [-0.15, -0.1) is 11.6 Å². The lowest BCUT2D eigenvalue weighted by molar-refractivity contribution is -0.182. The Morgan fingerprint density at radius 2 is 1.21 bits per heavy atom. The van der Waals surface area contributed by atoms with Gasteiger partial charge in [0.2, 0.25) is 70.9 Å². The zero-order valence-electron chi connectivity index (χ0n) is 63.8. The van der Waals surface area contributed by atoms with Crippen LogP contribution in [0.4, 0.5) is 13.2 Å². The second-order valence-electron chi connectivity index (χ2n) is 32.3. The van der Waals surface area contributed by atoms with E-state index in [0.29, 0.717) is 71.0 Å². The fraction of sp³-hybridized carbons (Fsp3) is 0.840. The number of amides is 12. The number of hydrogen-bond acceptors (Lipinski definition) is 13. The number of likely N-dealkylation sites (tertiary alicyclic amines) is 1. The van der Waals surface area contributed by atoms with Crippen molar-refractivity contribution in [2.75, 3.05) is 95.1 Å². The van der Waals surface area contributed by atoms with Gasteiger partial charge in [0.25, 0.3) is 0 Å². The zero-order chi connectivity index (χ0) is 76.3. The van der Waals surface area contributed by atoms with Crippen LogP contribution in [0.25, 0.3) is 0 Å². The summed E-state index contributed by atoms with van der Waals surface area (Å²) in [6.07, 6.45) is 7.97. The van der Waals surface area contributed by atoms with Crippen LogP contribution >= 0.6 is 11.6 Å². The van der Waals surface area contributed by atoms with Crippen LogP contribution in [0, 0.1) is 35.5 Å². The fourth-order valence-corrected chi connectivity index (χ4v) is 18.4. The first-order valence-corrected chi connectivity index (χ1v) is 39.3. The topological polar surface area (TPSA) is 282 Å². The Kier molecular flexibility index (Phi) is 29.3. The van der Waals surface area contributed by atoms with Crippen LogP contribution in [0.15, 0.2) is 0 Å². The molecule has 4 aliphatic heterocycles. The van der Waals surface area contributed by atoms with Gasteiger partial charge < -0.3 is 65.4 Å². The summed E-state index contributed by atoms with van der Waals surface area (Å²) >= 11 is 6.47. The van der Waals surface area contributed by atoms with E-state index in [9.17, 15) is 41.9 Å². The molecule has 0 aromatic heterocycles. The number of hydrogen-bond donors (Lipinski definition) is 4. The standard InChI is InChI=1S/C75H121ClF3N13O12/c1-12-47(2)63-70(102)85(6)46-62(95)92-39-33-56(92)68(100)88(9)58(41-49-24-15-13-16-25-49)67(99)84(5)45-60(93)81-55(32-30-50-29-31-53(54(76)40-50)75(77,78)79)66(98)87(8)57(42-51-26-23-36-80-44-51)65(97)83-74(34-19-20-35-74)72(104)90(11)73(4,52-27-17-14-18-28-52)71(103)89(10)59(69(101)91-37-21-22-38-91)43-61(94)86(7)48(3)64(96)82-63/h47-59,63,80H,12-46H2,1-11H3,(H,81,93)(H,82,96)(H,83,97)/t47-,48-,50?,51?,53?,54?,55-,56-,57-,58-,59-,63-,73+/m0/s1. The smallest absolute Gasteiger partial charge is 0.343 e. The Morgan fingerprint density at radius 3 is 1.80 bits per heavy atom. The van der Waals surface area contributed by atoms with Gasteiger partial charge >= 0.3 is 6.18 Å². The van der Waals surface area contributed by atoms with Gasteiger partial charge in [-0.25, -0.2) is 0 Å². The van der Waals surface area contributed by atoms with Crippen molar-refractivity contribution in [1.29, 1.82) is 0 Å². The van der Waals surface area contributed by atoms with E-state index in [0.717, 1.165) is 64.3 Å². The summed E-state index contributed by atoms with van der Waals surface area (Å²) in [6.45, 7) is 7.85. The Bertz CT molecular complexity index is 3070. The highest BCUT2D eigenvalue weighted by molar-refractivity contribution is 6.21. The third-order valence-corrected chi connectivity index (χ3v) is 25.9. The van der Waals surface area contributed by atoms with Crippen LogP contribution in [0.3, 0.4) is 0 Å². The molecule has 4 saturated heterocycles. The second kappa shape index (κ2) is 36.5. The molecular weight excluding hydrogens is 1370 g/mol. The summed E-state index contributed by atoms with van der Waals surface area (Å²) in [7, 11) is 10.2. The molecule has 586 valence electrons. The average Bonchev–Trinajstić information content (AvgIpc) is 0.948. The number of carbonyl (C=O) groups excluding carboxylic acids is 12. The molecule has 4 unspecified atom stereocenters. The Balaban J connectivity index is 1.19. The molecule has 4 aliphatic carbocycles. The van der Waals surface area contributed by atoms with Crippen LogP contribution < -0.4 is 21.3 Å². The minimum absolute atomic E-state index is 0.00858. The predicted octanol–water partition coefficient (Wildman–Crippen LogP) is 5.83. The number of fused-ring (bicyclic) bond motifs is 1. The Labute approximate surface area is 618 Å². The number of rotatable bonds is 11. The van der Waals surface area contributed by atoms with Crippen molar-refractivity contribution < 1.29 is 70.7 Å². The highest BCUT2D eigenvalue weighted by Crippen LogP contribution is 2.45. The van der Waals surface area contributed by atoms with Crippen molar-refractivity contribution in [1.82, 2.24) is 65.4 Å². The Hall–Kier alpha value is -6.32. The number of halogens is 4. The summed E-state index contributed by atoms with van der Waals surface area (Å²) < 4.78 is 42.4. The fourth-order valence-electron chi connectivity index (χ4n) is 17.8. The lowest BCUT2D eigenvalue weighted by atomic mass is 9.73. The van der Waals surface area contributed by atoms with Gasteiger partial charge in [0.15, 0.2) is 0 Å². The van der Waals surface area contributed by atoms with Gasteiger partial charge in [-0.05, 0) is 159 Å². The van der Waals surface area contributed by atoms with E-state index < -0.39 is 173 Å². The van der Waals surface area contributed by atoms with Crippen molar-refractivity contribution in [2.24, 2.45) is 35.5 Å². The minimum Gasteiger partial charge on any atom is -0.343 e. The molecule has 0 aromatic carbocycles. The molecule has 0 aromatic rings. The van der Waals surface area contributed by atoms with Gasteiger partial charge in [0.05, 0.1) is 25.4 Å². The van der Waals surface area contributed by atoms with E-state index in [1.807, 2.05) is 6.92 Å². The normalized spacial score (nSPS) is 32.2. The van der Waals surface area contributed by atoms with Crippen molar-refractivity contribution >= 4 is 82.5 Å². The molecule has 0 radical (unpaired) electrons. The first-order chi connectivity index (χ1) is 49.1. The Morgan fingerprint density at radius 1 is 0.606 bits per heavy atom. The predicted molar refractivity (Wildman–Crippen MR) is 385 cm³/mol. The van der Waals surface area contributed by atoms with Crippen molar-refractivity contribution in [2.45, 2.75) is 272 Å². The molecule has 25 nitrogen and oxygen atoms in total. The molecule has 4 N–H and O–H groups in total. The third-order valence-electron chi connectivity index (χ3n) is 25.4. The molecule has 1 spiro atoms. The second-order valence-corrected chi connectivity index (χ2v) is 32.8. The van der Waals surface area contributed by atoms with Gasteiger partial charge in [0.1, 0.15) is 53.4 Å². The summed E-state index contributed by atoms with van der Waals surface area (Å²) in [5.74, 6) is -10.6. The van der Waals surface area contributed by atoms with Crippen LogP contribution in [0.5, 0.6) is 0 Å². The number of alkyl halides is 4. The lowest BCUT2D eigenvalue weighted by Gasteiger charge is -2.50. The van der Waals surface area contributed by atoms with Crippen LogP contribution in [0.2, 0.25) is 0 Å². The van der Waals surface area contributed by atoms with E-state index >= 15 is 28.8 Å². The first-order valence-electron chi connectivity index (χ1n) is 38.9. The quantitative estimate of drug-likeness (QED) is 0.178. The number of carbonyl (C=O) groups is 12. The van der Waals surface area contributed by atoms with Gasteiger partial charge in [-0.2, -0.15) is 13.2 Å². The average molecular weight is 1490 g/mol. The molecule has 8 aliphatic rings. The van der Waals surface area contributed by atoms with Crippen LogP contribution in [-0.4, -0.2) is 275 Å². The van der Waals surface area contributed by atoms with Gasteiger partial charge in [0, 0.05) is 74.3 Å². The number of likely N-dealkylation sites (N-methyl/N-ethyl adjacent to an activating group) is 7. The highest BCUT2D eigenvalue weighted by Gasteiger charge is 2.56. The maximum Gasteiger partial charge on any atom is 0.393 e. The molecule has 0 bridgehead atoms. The summed E-state index contributed by atoms with van der Waals surface area (Å²) in [4.78, 5) is 193. The SMILES string of the molecule is CC[C@H](C)[C@@H]1NC(=O)[C@H](C)N(C)C(=O)C[C@@H](C(=O)N2CCCC2)N(C)C(=O)[C@@](C)(C2CCCCC2)N(C)C(=O)C2(CCCC2)NC(=O)[C@H](CC2CCCNC2)N(C)C(=O)[C@H](CCC2CCC(C(F)(F)F)C(Cl)C2)NC(=O)CN(C)C(=O)[C@H](CC2CCCCC2)N(C)C(=O)[C@@H]2CCN2C(=O)CN(C)C1=O. The van der Waals surface area contributed by atoms with Crippen molar-refractivity contribution in [3.05, 3.63) is 0 Å². The molecule has 8 rings (SSSR count). The molecular formula is C75H121ClF3N13O12. The number of nitrogens with one attached hydrogen (secondary N) is 4. The van der Waals surface area contributed by atoms with Crippen LogP contribution in [0.1, 0.15) is 207 Å². The molecule has 104 heavy (non-hydrogen) atoms. The monoisotopic (exact) mass is 1490 g/mol. The molecule has 4 saturated carbocycles. The molecule has 13 atom stereocenters. The minimum atomic E-state index is -4.52. The van der Waals surface area contributed by atoms with Crippen LogP contribution in [-0.2, 0) is 57.5 Å². The van der Waals surface area contributed by atoms with E-state index in [1.54, 1.807) is 25.8 Å². The summed E-state index contributed by atoms with van der Waals surface area (Å²) in [5, 5.41) is 11.1. The number of nitrogens with zero attached hydrogens (tertiary/aromatic N) is 9.